The van der Waals surface area contributed by atoms with Crippen molar-refractivity contribution in [2.75, 3.05) is 0 Å². The van der Waals surface area contributed by atoms with Crippen LogP contribution in [0.15, 0.2) is 30.5 Å². The van der Waals surface area contributed by atoms with Gasteiger partial charge in [0.05, 0.1) is 11.2 Å². The first kappa shape index (κ1) is 17.0. The SMILES string of the molecule is CC1(C)CC(NC(=O)c2cnc(C#N)c(-c3cc(F)cc(F)c3)c2)O1. The molecular formula is C18H15F2N3O2. The molecule has 1 atom stereocenters. The summed E-state index contributed by atoms with van der Waals surface area (Å²) in [5.41, 5.74) is 0.195. The molecule has 2 heterocycles. The van der Waals surface area contributed by atoms with Gasteiger partial charge in [0.25, 0.3) is 5.91 Å². The third-order valence-electron chi connectivity index (χ3n) is 3.86. The van der Waals surface area contributed by atoms with Gasteiger partial charge < -0.3 is 10.1 Å². The number of hydrogen-bond donors (Lipinski definition) is 1. The largest absolute Gasteiger partial charge is 0.352 e. The van der Waals surface area contributed by atoms with E-state index in [1.54, 1.807) is 0 Å². The van der Waals surface area contributed by atoms with E-state index >= 15 is 0 Å². The van der Waals surface area contributed by atoms with E-state index in [1.165, 1.54) is 12.3 Å². The quantitative estimate of drug-likeness (QED) is 0.929. The molecule has 1 amide bonds. The minimum Gasteiger partial charge on any atom is -0.352 e. The van der Waals surface area contributed by atoms with Crippen molar-refractivity contribution in [3.8, 4) is 17.2 Å². The number of nitrogens with zero attached hydrogens (tertiary/aromatic N) is 2. The maximum Gasteiger partial charge on any atom is 0.254 e. The van der Waals surface area contributed by atoms with E-state index in [1.807, 2.05) is 19.9 Å². The Morgan fingerprint density at radius 2 is 1.96 bits per heavy atom. The van der Waals surface area contributed by atoms with Crippen LogP contribution in [-0.2, 0) is 4.74 Å². The van der Waals surface area contributed by atoms with Crippen LogP contribution in [0.25, 0.3) is 11.1 Å². The second-order valence-corrected chi connectivity index (χ2v) is 6.43. The van der Waals surface area contributed by atoms with Gasteiger partial charge in [-0.05, 0) is 37.6 Å². The number of carbonyl (C=O) groups excluding carboxylic acids is 1. The zero-order chi connectivity index (χ0) is 18.2. The number of nitriles is 1. The third kappa shape index (κ3) is 3.64. The summed E-state index contributed by atoms with van der Waals surface area (Å²) in [6, 6.07) is 6.15. The van der Waals surface area contributed by atoms with E-state index in [2.05, 4.69) is 10.3 Å². The summed E-state index contributed by atoms with van der Waals surface area (Å²) in [4.78, 5) is 16.2. The van der Waals surface area contributed by atoms with Crippen LogP contribution in [0.3, 0.4) is 0 Å². The van der Waals surface area contributed by atoms with Crippen LogP contribution in [-0.4, -0.2) is 22.7 Å². The second-order valence-electron chi connectivity index (χ2n) is 6.43. The standard InChI is InChI=1S/C18H15F2N3O2/c1-18(2)7-16(25-18)23-17(24)11-5-14(15(8-21)22-9-11)10-3-12(19)6-13(20)4-10/h3-6,9,16H,7H2,1-2H3,(H,23,24). The normalized spacial score (nSPS) is 18.1. The van der Waals surface area contributed by atoms with E-state index in [0.717, 1.165) is 18.2 Å². The van der Waals surface area contributed by atoms with Gasteiger partial charge in [-0.2, -0.15) is 5.26 Å². The van der Waals surface area contributed by atoms with Gasteiger partial charge in [-0.3, -0.25) is 4.79 Å². The van der Waals surface area contributed by atoms with Gasteiger partial charge in [0.15, 0.2) is 0 Å². The Balaban J connectivity index is 1.90. The van der Waals surface area contributed by atoms with Crippen LogP contribution < -0.4 is 5.32 Å². The number of ether oxygens (including phenoxy) is 1. The molecule has 128 valence electrons. The van der Waals surface area contributed by atoms with Crippen LogP contribution in [0.5, 0.6) is 0 Å². The Morgan fingerprint density at radius 1 is 1.32 bits per heavy atom. The highest BCUT2D eigenvalue weighted by molar-refractivity contribution is 5.95. The molecule has 25 heavy (non-hydrogen) atoms. The van der Waals surface area contributed by atoms with Gasteiger partial charge in [-0.1, -0.05) is 0 Å². The molecule has 0 aliphatic carbocycles. The average Bonchev–Trinajstić information content (AvgIpc) is 2.51. The Hall–Kier alpha value is -2.85. The predicted molar refractivity (Wildman–Crippen MR) is 85.3 cm³/mol. The molecule has 1 unspecified atom stereocenters. The van der Waals surface area contributed by atoms with Crippen molar-refractivity contribution in [2.45, 2.75) is 32.1 Å². The van der Waals surface area contributed by atoms with Crippen LogP contribution >= 0.6 is 0 Å². The fourth-order valence-electron chi connectivity index (χ4n) is 2.74. The molecule has 0 radical (unpaired) electrons. The topological polar surface area (TPSA) is 75.0 Å². The van der Waals surface area contributed by atoms with E-state index in [0.29, 0.717) is 6.42 Å². The zero-order valence-corrected chi connectivity index (χ0v) is 13.6. The molecular weight excluding hydrogens is 328 g/mol. The lowest BCUT2D eigenvalue weighted by molar-refractivity contribution is -0.191. The zero-order valence-electron chi connectivity index (χ0n) is 13.6. The van der Waals surface area contributed by atoms with Gasteiger partial charge in [0, 0.05) is 24.2 Å². The van der Waals surface area contributed by atoms with Crippen molar-refractivity contribution in [2.24, 2.45) is 0 Å². The average molecular weight is 343 g/mol. The van der Waals surface area contributed by atoms with E-state index < -0.39 is 23.8 Å². The second kappa shape index (κ2) is 6.22. The summed E-state index contributed by atoms with van der Waals surface area (Å²) >= 11 is 0. The molecule has 1 saturated heterocycles. The van der Waals surface area contributed by atoms with Crippen LogP contribution in [0.2, 0.25) is 0 Å². The van der Waals surface area contributed by atoms with Gasteiger partial charge in [0.1, 0.15) is 29.6 Å². The summed E-state index contributed by atoms with van der Waals surface area (Å²) in [5.74, 6) is -1.99. The van der Waals surface area contributed by atoms with Crippen molar-refractivity contribution >= 4 is 5.91 Å². The van der Waals surface area contributed by atoms with Crippen molar-refractivity contribution in [3.63, 3.8) is 0 Å². The molecule has 0 bridgehead atoms. The number of halogens is 2. The first-order valence-electron chi connectivity index (χ1n) is 7.63. The number of benzene rings is 1. The fraction of sp³-hybridized carbons (Fsp3) is 0.278. The minimum atomic E-state index is -0.779. The molecule has 3 rings (SSSR count). The summed E-state index contributed by atoms with van der Waals surface area (Å²) in [7, 11) is 0. The summed E-state index contributed by atoms with van der Waals surface area (Å²) in [5, 5.41) is 11.9. The molecule has 1 N–H and O–H groups in total. The van der Waals surface area contributed by atoms with Gasteiger partial charge in [-0.25, -0.2) is 13.8 Å². The van der Waals surface area contributed by atoms with E-state index in [4.69, 9.17) is 4.74 Å². The maximum atomic E-state index is 13.5. The fourth-order valence-corrected chi connectivity index (χ4v) is 2.74. The van der Waals surface area contributed by atoms with E-state index in [-0.39, 0.29) is 28.0 Å². The number of carbonyl (C=O) groups is 1. The molecule has 1 aromatic heterocycles. The van der Waals surface area contributed by atoms with Gasteiger partial charge in [-0.15, -0.1) is 0 Å². The molecule has 7 heteroatoms. The van der Waals surface area contributed by atoms with Crippen LogP contribution in [0.1, 0.15) is 36.3 Å². The minimum absolute atomic E-state index is 0.0254. The smallest absolute Gasteiger partial charge is 0.254 e. The van der Waals surface area contributed by atoms with Gasteiger partial charge >= 0.3 is 0 Å². The summed E-state index contributed by atoms with van der Waals surface area (Å²) in [6.07, 6.45) is 1.52. The van der Waals surface area contributed by atoms with Crippen molar-refractivity contribution in [1.29, 1.82) is 5.26 Å². The predicted octanol–water partition coefficient (Wildman–Crippen LogP) is 3.15. The Labute approximate surface area is 143 Å². The summed E-state index contributed by atoms with van der Waals surface area (Å²) < 4.78 is 32.4. The monoisotopic (exact) mass is 343 g/mol. The lowest BCUT2D eigenvalue weighted by Crippen LogP contribution is -2.54. The van der Waals surface area contributed by atoms with Crippen LogP contribution in [0.4, 0.5) is 8.78 Å². The molecule has 1 aliphatic heterocycles. The highest BCUT2D eigenvalue weighted by Crippen LogP contribution is 2.30. The van der Waals surface area contributed by atoms with Crippen LogP contribution in [0, 0.1) is 23.0 Å². The number of pyridine rings is 1. The lowest BCUT2D eigenvalue weighted by atomic mass is 9.97. The molecule has 2 aromatic rings. The number of nitrogens with one attached hydrogen (secondary N) is 1. The lowest BCUT2D eigenvalue weighted by Gasteiger charge is -2.42. The van der Waals surface area contributed by atoms with Gasteiger partial charge in [0.2, 0.25) is 0 Å². The van der Waals surface area contributed by atoms with Crippen molar-refractivity contribution in [1.82, 2.24) is 10.3 Å². The van der Waals surface area contributed by atoms with Crippen molar-refractivity contribution < 1.29 is 18.3 Å². The van der Waals surface area contributed by atoms with Crippen molar-refractivity contribution in [3.05, 3.63) is 53.4 Å². The number of aromatic nitrogens is 1. The molecule has 0 saturated carbocycles. The first-order valence-corrected chi connectivity index (χ1v) is 7.63. The number of rotatable bonds is 3. The highest BCUT2D eigenvalue weighted by atomic mass is 19.1. The molecule has 5 nitrogen and oxygen atoms in total. The molecule has 1 aromatic carbocycles. The molecule has 1 aliphatic rings. The highest BCUT2D eigenvalue weighted by Gasteiger charge is 2.38. The first-order chi connectivity index (χ1) is 11.8. The Kier molecular flexibility index (Phi) is 4.23. The maximum absolute atomic E-state index is 13.5. The number of hydrogen-bond acceptors (Lipinski definition) is 4. The summed E-state index contributed by atoms with van der Waals surface area (Å²) in [6.45, 7) is 3.82. The molecule has 0 spiro atoms. The Morgan fingerprint density at radius 3 is 2.52 bits per heavy atom. The molecule has 1 fully saturated rings. The Bertz CT molecular complexity index is 862. The van der Waals surface area contributed by atoms with E-state index in [9.17, 15) is 18.8 Å². The number of amides is 1. The third-order valence-corrected chi connectivity index (χ3v) is 3.86.